The third-order valence-electron chi connectivity index (χ3n) is 4.90. The summed E-state index contributed by atoms with van der Waals surface area (Å²) in [6, 6.07) is 15.9. The first-order chi connectivity index (χ1) is 15.0. The van der Waals surface area contributed by atoms with Gasteiger partial charge >= 0.3 is 17.8 Å². The molecule has 0 atom stereocenters. The molecule has 1 N–H and O–H groups in total. The van der Waals surface area contributed by atoms with Gasteiger partial charge in [0.15, 0.2) is 0 Å². The molecule has 31 heavy (non-hydrogen) atoms. The molecule has 0 saturated carbocycles. The van der Waals surface area contributed by atoms with E-state index in [9.17, 15) is 19.2 Å². The van der Waals surface area contributed by atoms with Gasteiger partial charge < -0.3 is 19.9 Å². The van der Waals surface area contributed by atoms with Gasteiger partial charge in [-0.2, -0.15) is 0 Å². The predicted molar refractivity (Wildman–Crippen MR) is 114 cm³/mol. The zero-order valence-electron chi connectivity index (χ0n) is 17.4. The number of nitrogens with one attached hydrogen (secondary N) is 1. The average molecular weight is 423 g/mol. The molecule has 2 aromatic rings. The molecule has 8 heteroatoms. The lowest BCUT2D eigenvalue weighted by Crippen LogP contribution is -2.54. The maximum absolute atomic E-state index is 12.4. The fourth-order valence-corrected chi connectivity index (χ4v) is 3.25. The van der Waals surface area contributed by atoms with Crippen LogP contribution in [0.25, 0.3) is 0 Å². The van der Waals surface area contributed by atoms with Crippen molar-refractivity contribution in [2.24, 2.45) is 0 Å². The molecule has 1 fully saturated rings. The second-order valence-corrected chi connectivity index (χ2v) is 7.10. The van der Waals surface area contributed by atoms with Crippen LogP contribution in [0.15, 0.2) is 54.6 Å². The van der Waals surface area contributed by atoms with Crippen LogP contribution in [-0.4, -0.2) is 59.7 Å². The maximum Gasteiger partial charge on any atom is 0.338 e. The number of carbonyl (C=O) groups excluding carboxylic acids is 4. The van der Waals surface area contributed by atoms with Crippen molar-refractivity contribution in [1.29, 1.82) is 0 Å². The predicted octanol–water partition coefficient (Wildman–Crippen LogP) is 2.06. The van der Waals surface area contributed by atoms with Gasteiger partial charge in [-0.05, 0) is 36.8 Å². The van der Waals surface area contributed by atoms with Crippen molar-refractivity contribution in [3.8, 4) is 0 Å². The van der Waals surface area contributed by atoms with Gasteiger partial charge in [-0.3, -0.25) is 14.4 Å². The third kappa shape index (κ3) is 5.91. The molecule has 8 nitrogen and oxygen atoms in total. The van der Waals surface area contributed by atoms with Crippen LogP contribution < -0.4 is 5.32 Å². The molecule has 1 saturated heterocycles. The van der Waals surface area contributed by atoms with Gasteiger partial charge in [0.1, 0.15) is 0 Å². The van der Waals surface area contributed by atoms with Gasteiger partial charge in [-0.15, -0.1) is 0 Å². The molecule has 162 valence electrons. The molecule has 0 unspecified atom stereocenters. The molecular formula is C23H25N3O5. The Kier molecular flexibility index (Phi) is 7.37. The van der Waals surface area contributed by atoms with E-state index >= 15 is 0 Å². The Morgan fingerprint density at radius 1 is 0.935 bits per heavy atom. The van der Waals surface area contributed by atoms with E-state index in [0.29, 0.717) is 37.5 Å². The molecule has 0 aromatic heterocycles. The molecule has 0 bridgehead atoms. The Labute approximate surface area is 180 Å². The molecule has 0 radical (unpaired) electrons. The van der Waals surface area contributed by atoms with E-state index in [0.717, 1.165) is 5.56 Å². The Bertz CT molecular complexity index is 943. The highest BCUT2D eigenvalue weighted by molar-refractivity contribution is 6.35. The lowest BCUT2D eigenvalue weighted by molar-refractivity contribution is -0.156. The van der Waals surface area contributed by atoms with E-state index in [1.165, 1.54) is 9.80 Å². The van der Waals surface area contributed by atoms with E-state index in [1.807, 2.05) is 30.3 Å². The summed E-state index contributed by atoms with van der Waals surface area (Å²) in [6.07, 6.45) is 0.0668. The SMILES string of the molecule is CCOC(=O)c1ccc(NC(=O)CCN2CCN(Cc3ccccc3)C(=O)C2=O)cc1. The van der Waals surface area contributed by atoms with Crippen LogP contribution in [0, 0.1) is 0 Å². The first kappa shape index (κ1) is 22.0. The summed E-state index contributed by atoms with van der Waals surface area (Å²) in [5.74, 6) is -1.84. The van der Waals surface area contributed by atoms with Gasteiger partial charge in [0.05, 0.1) is 12.2 Å². The van der Waals surface area contributed by atoms with E-state index in [1.54, 1.807) is 31.2 Å². The van der Waals surface area contributed by atoms with Gasteiger partial charge in [-0.25, -0.2) is 4.79 Å². The minimum atomic E-state index is -0.589. The van der Waals surface area contributed by atoms with Crippen LogP contribution in [0.2, 0.25) is 0 Å². The van der Waals surface area contributed by atoms with Gasteiger partial charge in [0.2, 0.25) is 5.91 Å². The summed E-state index contributed by atoms with van der Waals surface area (Å²) in [4.78, 5) is 51.6. The molecule has 3 rings (SSSR count). The Hall–Kier alpha value is -3.68. The summed E-state index contributed by atoms with van der Waals surface area (Å²) in [5, 5.41) is 2.72. The van der Waals surface area contributed by atoms with Crippen molar-refractivity contribution in [3.05, 3.63) is 65.7 Å². The van der Waals surface area contributed by atoms with E-state index in [2.05, 4.69) is 5.32 Å². The number of carbonyl (C=O) groups is 4. The number of nitrogens with zero attached hydrogens (tertiary/aromatic N) is 2. The van der Waals surface area contributed by atoms with Gasteiger partial charge in [-0.1, -0.05) is 30.3 Å². The van der Waals surface area contributed by atoms with E-state index in [4.69, 9.17) is 4.74 Å². The van der Waals surface area contributed by atoms with Gasteiger partial charge in [0.25, 0.3) is 0 Å². The van der Waals surface area contributed by atoms with Crippen LogP contribution in [0.5, 0.6) is 0 Å². The van der Waals surface area contributed by atoms with Crippen LogP contribution in [-0.2, 0) is 25.7 Å². The average Bonchev–Trinajstić information content (AvgIpc) is 2.78. The highest BCUT2D eigenvalue weighted by Crippen LogP contribution is 2.13. The second-order valence-electron chi connectivity index (χ2n) is 7.10. The van der Waals surface area contributed by atoms with Crippen LogP contribution >= 0.6 is 0 Å². The molecule has 0 spiro atoms. The number of esters is 1. The minimum Gasteiger partial charge on any atom is -0.462 e. The molecule has 1 aliphatic rings. The minimum absolute atomic E-state index is 0.0668. The Morgan fingerprint density at radius 2 is 1.58 bits per heavy atom. The highest BCUT2D eigenvalue weighted by atomic mass is 16.5. The lowest BCUT2D eigenvalue weighted by atomic mass is 10.2. The van der Waals surface area contributed by atoms with E-state index in [-0.39, 0.29) is 18.9 Å². The normalized spacial score (nSPS) is 13.8. The first-order valence-corrected chi connectivity index (χ1v) is 10.2. The number of amides is 3. The molecule has 1 heterocycles. The molecule has 1 aliphatic heterocycles. The van der Waals surface area contributed by atoms with Gasteiger partial charge in [0, 0.05) is 38.3 Å². The highest BCUT2D eigenvalue weighted by Gasteiger charge is 2.32. The summed E-state index contributed by atoms with van der Waals surface area (Å²) in [7, 11) is 0. The fraction of sp³-hybridized carbons (Fsp3) is 0.304. The first-order valence-electron chi connectivity index (χ1n) is 10.2. The van der Waals surface area contributed by atoms with Crippen molar-refractivity contribution in [2.45, 2.75) is 19.9 Å². The molecule has 0 aliphatic carbocycles. The van der Waals surface area contributed by atoms with Crippen molar-refractivity contribution in [1.82, 2.24) is 9.80 Å². The summed E-state index contributed by atoms with van der Waals surface area (Å²) < 4.78 is 4.92. The number of ether oxygens (including phenoxy) is 1. The maximum atomic E-state index is 12.4. The summed E-state index contributed by atoms with van der Waals surface area (Å²) >= 11 is 0. The number of hydrogen-bond donors (Lipinski definition) is 1. The third-order valence-corrected chi connectivity index (χ3v) is 4.90. The Balaban J connectivity index is 1.46. The van der Waals surface area contributed by atoms with E-state index < -0.39 is 17.8 Å². The molecular weight excluding hydrogens is 398 g/mol. The molecule has 2 aromatic carbocycles. The number of rotatable bonds is 8. The smallest absolute Gasteiger partial charge is 0.338 e. The zero-order valence-corrected chi connectivity index (χ0v) is 17.4. The zero-order chi connectivity index (χ0) is 22.2. The Morgan fingerprint density at radius 3 is 2.26 bits per heavy atom. The van der Waals surface area contributed by atoms with Crippen LogP contribution in [0.3, 0.4) is 0 Å². The largest absolute Gasteiger partial charge is 0.462 e. The lowest BCUT2D eigenvalue weighted by Gasteiger charge is -2.33. The number of benzene rings is 2. The van der Waals surface area contributed by atoms with Crippen molar-refractivity contribution in [2.75, 3.05) is 31.6 Å². The van der Waals surface area contributed by atoms with Crippen molar-refractivity contribution < 1.29 is 23.9 Å². The molecule has 3 amide bonds. The number of piperazine rings is 1. The number of hydrogen-bond acceptors (Lipinski definition) is 5. The van der Waals surface area contributed by atoms with Crippen molar-refractivity contribution >= 4 is 29.4 Å². The fourth-order valence-electron chi connectivity index (χ4n) is 3.25. The van der Waals surface area contributed by atoms with Crippen molar-refractivity contribution in [3.63, 3.8) is 0 Å². The second kappa shape index (κ2) is 10.4. The topological polar surface area (TPSA) is 96.0 Å². The number of anilines is 1. The van der Waals surface area contributed by atoms with Crippen LogP contribution in [0.1, 0.15) is 29.3 Å². The van der Waals surface area contributed by atoms with Crippen LogP contribution in [0.4, 0.5) is 5.69 Å². The summed E-state index contributed by atoms with van der Waals surface area (Å²) in [5.41, 5.74) is 1.90. The standard InChI is InChI=1S/C23H25N3O5/c1-2-31-23(30)18-8-10-19(11-9-18)24-20(27)12-13-25-14-15-26(22(29)21(25)28)16-17-6-4-3-5-7-17/h3-11H,2,12-16H2,1H3,(H,24,27). The summed E-state index contributed by atoms with van der Waals surface area (Å²) in [6.45, 7) is 3.39. The quantitative estimate of drug-likeness (QED) is 0.518. The monoisotopic (exact) mass is 423 g/mol.